The SMILES string of the molecule is CCC(C)(c1ccc2c(c1)C(C)(C)c1cc3c(cc1-2)CC3(C)N(c1ccccc1)c1cc2ccccc2c2ccccc12)N(c1ccccc1)c1cc2ccccc2c2ccccc12. The number of nitrogens with zero attached hydrogens (tertiary/aromatic N) is 2. The fraction of sp³-hybridized carbons (Fsp3) is 0.161. The Balaban J connectivity index is 0.995. The summed E-state index contributed by atoms with van der Waals surface area (Å²) in [5.41, 5.74) is 13.8. The van der Waals surface area contributed by atoms with Gasteiger partial charge in [-0.25, -0.2) is 0 Å². The zero-order chi connectivity index (χ0) is 43.4. The first kappa shape index (κ1) is 38.5. The molecule has 0 saturated heterocycles. The van der Waals surface area contributed by atoms with Gasteiger partial charge in [0, 0.05) is 34.0 Å². The Labute approximate surface area is 377 Å². The lowest BCUT2D eigenvalue weighted by Crippen LogP contribution is -2.50. The van der Waals surface area contributed by atoms with Crippen molar-refractivity contribution in [2.24, 2.45) is 0 Å². The summed E-state index contributed by atoms with van der Waals surface area (Å²) in [6.07, 6.45) is 1.87. The Bertz CT molecular complexity index is 3480. The zero-order valence-corrected chi connectivity index (χ0v) is 37.4. The van der Waals surface area contributed by atoms with Gasteiger partial charge in [0.15, 0.2) is 0 Å². The van der Waals surface area contributed by atoms with Crippen LogP contribution in [0.5, 0.6) is 0 Å². The first-order valence-corrected chi connectivity index (χ1v) is 23.0. The van der Waals surface area contributed by atoms with E-state index < -0.39 is 0 Å². The van der Waals surface area contributed by atoms with Crippen molar-refractivity contribution in [3.05, 3.63) is 228 Å². The summed E-state index contributed by atoms with van der Waals surface area (Å²) in [5.74, 6) is 0. The molecular weight excluding hydrogens is 773 g/mol. The Morgan fingerprint density at radius 1 is 0.453 bits per heavy atom. The summed E-state index contributed by atoms with van der Waals surface area (Å²) in [6.45, 7) is 12.2. The molecule has 10 aromatic carbocycles. The minimum atomic E-state index is -0.367. The third-order valence-corrected chi connectivity index (χ3v) is 15.3. The van der Waals surface area contributed by atoms with Crippen LogP contribution in [-0.4, -0.2) is 0 Å². The number of fused-ring (bicyclic) bond motifs is 10. The van der Waals surface area contributed by atoms with E-state index in [2.05, 4.69) is 245 Å². The van der Waals surface area contributed by atoms with E-state index in [1.807, 2.05) is 0 Å². The van der Waals surface area contributed by atoms with Gasteiger partial charge in [0.2, 0.25) is 0 Å². The Morgan fingerprint density at radius 3 is 1.56 bits per heavy atom. The van der Waals surface area contributed by atoms with Gasteiger partial charge in [0.1, 0.15) is 0 Å². The molecule has 2 aliphatic rings. The van der Waals surface area contributed by atoms with Gasteiger partial charge in [0.25, 0.3) is 0 Å². The first-order valence-electron chi connectivity index (χ1n) is 23.0. The maximum atomic E-state index is 2.64. The van der Waals surface area contributed by atoms with Crippen LogP contribution < -0.4 is 9.80 Å². The minimum absolute atomic E-state index is 0.207. The van der Waals surface area contributed by atoms with Gasteiger partial charge in [-0.05, 0) is 128 Å². The minimum Gasteiger partial charge on any atom is -0.331 e. The molecule has 310 valence electrons. The maximum Gasteiger partial charge on any atom is 0.0717 e. The fourth-order valence-electron chi connectivity index (χ4n) is 11.8. The van der Waals surface area contributed by atoms with Crippen molar-refractivity contribution >= 4 is 65.8 Å². The van der Waals surface area contributed by atoms with Crippen LogP contribution in [0.25, 0.3) is 54.2 Å². The van der Waals surface area contributed by atoms with Crippen molar-refractivity contribution in [2.75, 3.05) is 9.80 Å². The zero-order valence-electron chi connectivity index (χ0n) is 37.4. The third-order valence-electron chi connectivity index (χ3n) is 15.3. The highest BCUT2D eigenvalue weighted by atomic mass is 15.2. The molecule has 12 rings (SSSR count). The van der Waals surface area contributed by atoms with Gasteiger partial charge < -0.3 is 9.80 Å². The van der Waals surface area contributed by atoms with Crippen LogP contribution in [-0.2, 0) is 22.9 Å². The quantitative estimate of drug-likeness (QED) is 0.141. The summed E-state index contributed by atoms with van der Waals surface area (Å²) < 4.78 is 0. The summed E-state index contributed by atoms with van der Waals surface area (Å²) in [6, 6.07) is 75.1. The lowest BCUT2D eigenvalue weighted by atomic mass is 9.67. The van der Waals surface area contributed by atoms with Crippen LogP contribution in [0.15, 0.2) is 200 Å². The molecular formula is C62H52N2. The van der Waals surface area contributed by atoms with E-state index in [9.17, 15) is 0 Å². The lowest BCUT2D eigenvalue weighted by molar-refractivity contribution is 0.417. The Hall–Kier alpha value is -7.16. The predicted octanol–water partition coefficient (Wildman–Crippen LogP) is 16.7. The number of anilines is 4. The molecule has 2 atom stereocenters. The highest BCUT2D eigenvalue weighted by Gasteiger charge is 2.48. The fourth-order valence-corrected chi connectivity index (χ4v) is 11.8. The smallest absolute Gasteiger partial charge is 0.0717 e. The summed E-state index contributed by atoms with van der Waals surface area (Å²) >= 11 is 0. The van der Waals surface area contributed by atoms with Gasteiger partial charge >= 0.3 is 0 Å². The van der Waals surface area contributed by atoms with Crippen LogP contribution >= 0.6 is 0 Å². The molecule has 0 bridgehead atoms. The largest absolute Gasteiger partial charge is 0.331 e. The van der Waals surface area contributed by atoms with Crippen LogP contribution in [0.1, 0.15) is 68.9 Å². The molecule has 2 heteroatoms. The van der Waals surface area contributed by atoms with Crippen molar-refractivity contribution in [3.63, 3.8) is 0 Å². The molecule has 0 spiro atoms. The van der Waals surface area contributed by atoms with Gasteiger partial charge in [-0.15, -0.1) is 0 Å². The van der Waals surface area contributed by atoms with Crippen molar-refractivity contribution < 1.29 is 0 Å². The van der Waals surface area contributed by atoms with Crippen molar-refractivity contribution in [1.82, 2.24) is 0 Å². The molecule has 10 aromatic rings. The van der Waals surface area contributed by atoms with E-state index in [0.717, 1.165) is 12.8 Å². The first-order chi connectivity index (χ1) is 31.2. The highest BCUT2D eigenvalue weighted by molar-refractivity contribution is 6.15. The molecule has 0 N–H and O–H groups in total. The Kier molecular flexibility index (Phi) is 8.53. The number of hydrogen-bond donors (Lipinski definition) is 0. The van der Waals surface area contributed by atoms with Crippen LogP contribution in [0.2, 0.25) is 0 Å². The van der Waals surface area contributed by atoms with Crippen molar-refractivity contribution in [2.45, 2.75) is 64.0 Å². The van der Waals surface area contributed by atoms with Crippen molar-refractivity contribution in [1.29, 1.82) is 0 Å². The summed E-state index contributed by atoms with van der Waals surface area (Å²) in [5, 5.41) is 10.2. The normalized spacial score (nSPS) is 16.8. The molecule has 0 fully saturated rings. The maximum absolute atomic E-state index is 2.64. The average molecular weight is 825 g/mol. The number of rotatable bonds is 8. The van der Waals surface area contributed by atoms with Gasteiger partial charge in [-0.3, -0.25) is 0 Å². The molecule has 64 heavy (non-hydrogen) atoms. The molecule has 0 aliphatic heterocycles. The topological polar surface area (TPSA) is 6.48 Å². The lowest BCUT2D eigenvalue weighted by Gasteiger charge is -2.51. The molecule has 2 aliphatic carbocycles. The molecule has 0 radical (unpaired) electrons. The molecule has 0 heterocycles. The van der Waals surface area contributed by atoms with Crippen LogP contribution in [0.4, 0.5) is 22.7 Å². The standard InChI is InChI=1S/C62H52N2/c1-6-61(4,63(45-23-9-7-10-24-45)58-36-41-21-13-15-27-47(41)49-29-17-19-31-52(49)58)44-33-34-51-54-35-43-40-62(5,55(43)39-57(54)60(2,3)56(51)38-44)64(46-25-11-8-12-26-46)59-37-42-22-14-16-28-48(42)50-30-18-20-32-53(50)59/h7-39H,6,40H2,1-5H3. The van der Waals surface area contributed by atoms with E-state index in [1.54, 1.807) is 0 Å². The van der Waals surface area contributed by atoms with Crippen LogP contribution in [0.3, 0.4) is 0 Å². The van der Waals surface area contributed by atoms with E-state index >= 15 is 0 Å². The third kappa shape index (κ3) is 5.51. The molecule has 2 nitrogen and oxygen atoms in total. The van der Waals surface area contributed by atoms with Crippen LogP contribution in [0, 0.1) is 0 Å². The van der Waals surface area contributed by atoms with Gasteiger partial charge in [-0.1, -0.05) is 185 Å². The van der Waals surface area contributed by atoms with E-state index in [-0.39, 0.29) is 16.5 Å². The monoisotopic (exact) mass is 824 g/mol. The molecule has 0 aromatic heterocycles. The molecule has 0 amide bonds. The van der Waals surface area contributed by atoms with E-state index in [4.69, 9.17) is 0 Å². The second-order valence-electron chi connectivity index (χ2n) is 19.2. The highest BCUT2D eigenvalue weighted by Crippen LogP contribution is 2.58. The molecule has 0 saturated carbocycles. The number of benzene rings is 10. The summed E-state index contributed by atoms with van der Waals surface area (Å²) in [4.78, 5) is 5.27. The van der Waals surface area contributed by atoms with E-state index in [0.29, 0.717) is 0 Å². The second-order valence-corrected chi connectivity index (χ2v) is 19.2. The van der Waals surface area contributed by atoms with E-state index in [1.165, 1.54) is 105 Å². The second kappa shape index (κ2) is 14.2. The average Bonchev–Trinajstić information content (AvgIpc) is 3.56. The van der Waals surface area contributed by atoms with Gasteiger partial charge in [0.05, 0.1) is 22.5 Å². The molecule has 2 unspecified atom stereocenters. The number of para-hydroxylation sites is 2. The predicted molar refractivity (Wildman–Crippen MR) is 273 cm³/mol. The Morgan fingerprint density at radius 2 is 0.953 bits per heavy atom. The van der Waals surface area contributed by atoms with Crippen molar-refractivity contribution in [3.8, 4) is 11.1 Å². The van der Waals surface area contributed by atoms with Gasteiger partial charge in [-0.2, -0.15) is 0 Å². The number of hydrogen-bond acceptors (Lipinski definition) is 2. The summed E-state index contributed by atoms with van der Waals surface area (Å²) in [7, 11) is 0.